The van der Waals surface area contributed by atoms with Gasteiger partial charge < -0.3 is 5.32 Å². The molecule has 104 valence electrons. The zero-order valence-electron chi connectivity index (χ0n) is 12.2. The van der Waals surface area contributed by atoms with E-state index < -0.39 is 0 Å². The molecule has 0 atom stereocenters. The Kier molecular flexibility index (Phi) is 4.17. The van der Waals surface area contributed by atoms with E-state index in [-0.39, 0.29) is 0 Å². The van der Waals surface area contributed by atoms with Gasteiger partial charge in [0, 0.05) is 0 Å². The molecule has 1 heterocycles. The van der Waals surface area contributed by atoms with Gasteiger partial charge in [-0.1, -0.05) is 54.1 Å². The lowest BCUT2D eigenvalue weighted by molar-refractivity contribution is 0.372. The molecule has 20 heavy (non-hydrogen) atoms. The summed E-state index contributed by atoms with van der Waals surface area (Å²) < 4.78 is 0. The molecule has 0 radical (unpaired) electrons. The standard InChI is InChI=1S/C19H23N/c1-15-2-6-18(7-3-15)19-8-4-16(5-9-19)14-17-10-12-20-13-11-17/h2-9,17,20H,10-14H2,1H3. The molecule has 1 aliphatic heterocycles. The molecule has 1 fully saturated rings. The summed E-state index contributed by atoms with van der Waals surface area (Å²) in [7, 11) is 0. The average molecular weight is 265 g/mol. The third kappa shape index (κ3) is 3.29. The number of benzene rings is 2. The molecular formula is C19H23N. The van der Waals surface area contributed by atoms with Gasteiger partial charge in [-0.2, -0.15) is 0 Å². The van der Waals surface area contributed by atoms with Gasteiger partial charge in [0.2, 0.25) is 0 Å². The molecule has 1 N–H and O–H groups in total. The molecule has 1 heteroatoms. The topological polar surface area (TPSA) is 12.0 Å². The molecule has 1 nitrogen and oxygen atoms in total. The number of rotatable bonds is 3. The minimum Gasteiger partial charge on any atom is -0.317 e. The van der Waals surface area contributed by atoms with E-state index in [0.717, 1.165) is 5.92 Å². The predicted molar refractivity (Wildman–Crippen MR) is 85.9 cm³/mol. The van der Waals surface area contributed by atoms with E-state index in [1.54, 1.807) is 0 Å². The monoisotopic (exact) mass is 265 g/mol. The Hall–Kier alpha value is -1.60. The van der Waals surface area contributed by atoms with Crippen LogP contribution in [0.5, 0.6) is 0 Å². The van der Waals surface area contributed by atoms with E-state index in [1.807, 2.05) is 0 Å². The van der Waals surface area contributed by atoms with Crippen LogP contribution in [-0.4, -0.2) is 13.1 Å². The van der Waals surface area contributed by atoms with Crippen molar-refractivity contribution in [2.45, 2.75) is 26.2 Å². The Morgan fingerprint density at radius 3 is 2.00 bits per heavy atom. The molecule has 0 aliphatic carbocycles. The van der Waals surface area contributed by atoms with Crippen LogP contribution in [0.3, 0.4) is 0 Å². The van der Waals surface area contributed by atoms with Gasteiger partial charge in [-0.15, -0.1) is 0 Å². The molecule has 0 saturated carbocycles. The summed E-state index contributed by atoms with van der Waals surface area (Å²) in [5.41, 5.74) is 5.42. The summed E-state index contributed by atoms with van der Waals surface area (Å²) in [6.45, 7) is 4.50. The van der Waals surface area contributed by atoms with E-state index in [0.29, 0.717) is 0 Å². The van der Waals surface area contributed by atoms with Crippen molar-refractivity contribution in [3.05, 3.63) is 59.7 Å². The van der Waals surface area contributed by atoms with Crippen molar-refractivity contribution >= 4 is 0 Å². The fourth-order valence-corrected chi connectivity index (χ4v) is 3.00. The van der Waals surface area contributed by atoms with Crippen molar-refractivity contribution in [2.75, 3.05) is 13.1 Å². The predicted octanol–water partition coefficient (Wildman–Crippen LogP) is 4.20. The molecule has 0 aromatic heterocycles. The Balaban J connectivity index is 1.69. The van der Waals surface area contributed by atoms with Gasteiger partial charge in [-0.25, -0.2) is 0 Å². The number of hydrogen-bond donors (Lipinski definition) is 1. The van der Waals surface area contributed by atoms with Crippen molar-refractivity contribution in [2.24, 2.45) is 5.92 Å². The quantitative estimate of drug-likeness (QED) is 0.877. The van der Waals surface area contributed by atoms with Crippen LogP contribution in [0.25, 0.3) is 11.1 Å². The number of aryl methyl sites for hydroxylation is 1. The van der Waals surface area contributed by atoms with Crippen LogP contribution in [-0.2, 0) is 6.42 Å². The Labute approximate surface area is 122 Å². The first-order valence-electron chi connectivity index (χ1n) is 7.68. The third-order valence-corrected chi connectivity index (χ3v) is 4.32. The van der Waals surface area contributed by atoms with Gasteiger partial charge >= 0.3 is 0 Å². The highest BCUT2D eigenvalue weighted by atomic mass is 14.9. The van der Waals surface area contributed by atoms with E-state index in [4.69, 9.17) is 0 Å². The first kappa shape index (κ1) is 13.4. The van der Waals surface area contributed by atoms with Crippen molar-refractivity contribution in [3.8, 4) is 11.1 Å². The molecule has 0 spiro atoms. The van der Waals surface area contributed by atoms with Crippen LogP contribution in [0.2, 0.25) is 0 Å². The van der Waals surface area contributed by atoms with Gasteiger partial charge in [0.25, 0.3) is 0 Å². The SMILES string of the molecule is Cc1ccc(-c2ccc(CC3CCNCC3)cc2)cc1. The van der Waals surface area contributed by atoms with Crippen LogP contribution >= 0.6 is 0 Å². The zero-order chi connectivity index (χ0) is 13.8. The lowest BCUT2D eigenvalue weighted by Crippen LogP contribution is -2.28. The first-order valence-corrected chi connectivity index (χ1v) is 7.68. The minimum atomic E-state index is 0.862. The number of piperidine rings is 1. The highest BCUT2D eigenvalue weighted by Crippen LogP contribution is 2.23. The smallest absolute Gasteiger partial charge is 0.00462 e. The lowest BCUT2D eigenvalue weighted by Gasteiger charge is -2.22. The van der Waals surface area contributed by atoms with Gasteiger partial charge in [0.1, 0.15) is 0 Å². The maximum absolute atomic E-state index is 3.44. The van der Waals surface area contributed by atoms with E-state index in [9.17, 15) is 0 Å². The number of nitrogens with one attached hydrogen (secondary N) is 1. The summed E-state index contributed by atoms with van der Waals surface area (Å²) in [6, 6.07) is 17.9. The lowest BCUT2D eigenvalue weighted by atomic mass is 9.90. The fraction of sp³-hybridized carbons (Fsp3) is 0.368. The van der Waals surface area contributed by atoms with Crippen LogP contribution in [0.1, 0.15) is 24.0 Å². The van der Waals surface area contributed by atoms with Crippen LogP contribution in [0.4, 0.5) is 0 Å². The molecule has 0 bridgehead atoms. The van der Waals surface area contributed by atoms with Crippen molar-refractivity contribution in [1.82, 2.24) is 5.32 Å². The molecule has 3 rings (SSSR count). The molecule has 2 aromatic rings. The maximum atomic E-state index is 3.44. The van der Waals surface area contributed by atoms with Gasteiger partial charge in [0.05, 0.1) is 0 Å². The van der Waals surface area contributed by atoms with Crippen molar-refractivity contribution in [3.63, 3.8) is 0 Å². The van der Waals surface area contributed by atoms with Crippen LogP contribution in [0, 0.1) is 12.8 Å². The maximum Gasteiger partial charge on any atom is -0.00462 e. The molecular weight excluding hydrogens is 242 g/mol. The molecule has 0 amide bonds. The van der Waals surface area contributed by atoms with Crippen molar-refractivity contribution in [1.29, 1.82) is 0 Å². The van der Waals surface area contributed by atoms with Gasteiger partial charge in [0.15, 0.2) is 0 Å². The van der Waals surface area contributed by atoms with Gasteiger partial charge in [-0.05, 0) is 61.9 Å². The summed E-state index contributed by atoms with van der Waals surface area (Å²) in [5, 5.41) is 3.44. The van der Waals surface area contributed by atoms with E-state index in [1.165, 1.54) is 54.6 Å². The highest BCUT2D eigenvalue weighted by Gasteiger charge is 2.13. The Morgan fingerprint density at radius 1 is 0.850 bits per heavy atom. The third-order valence-electron chi connectivity index (χ3n) is 4.32. The second-order valence-corrected chi connectivity index (χ2v) is 5.96. The largest absolute Gasteiger partial charge is 0.317 e. The molecule has 0 unspecified atom stereocenters. The summed E-state index contributed by atoms with van der Waals surface area (Å²) >= 11 is 0. The van der Waals surface area contributed by atoms with E-state index in [2.05, 4.69) is 60.8 Å². The second kappa shape index (κ2) is 6.23. The summed E-state index contributed by atoms with van der Waals surface area (Å²) in [6.07, 6.45) is 3.87. The summed E-state index contributed by atoms with van der Waals surface area (Å²) in [4.78, 5) is 0. The Morgan fingerprint density at radius 2 is 1.40 bits per heavy atom. The Bertz CT molecular complexity index is 533. The second-order valence-electron chi connectivity index (χ2n) is 5.96. The molecule has 1 aliphatic rings. The molecule has 2 aromatic carbocycles. The fourth-order valence-electron chi connectivity index (χ4n) is 3.00. The van der Waals surface area contributed by atoms with Crippen molar-refractivity contribution < 1.29 is 0 Å². The van der Waals surface area contributed by atoms with Crippen LogP contribution < -0.4 is 5.32 Å². The minimum absolute atomic E-state index is 0.862. The zero-order valence-corrected chi connectivity index (χ0v) is 12.2. The normalized spacial score (nSPS) is 16.2. The van der Waals surface area contributed by atoms with Gasteiger partial charge in [-0.3, -0.25) is 0 Å². The number of hydrogen-bond acceptors (Lipinski definition) is 1. The summed E-state index contributed by atoms with van der Waals surface area (Å²) in [5.74, 6) is 0.862. The average Bonchev–Trinajstić information content (AvgIpc) is 2.50. The van der Waals surface area contributed by atoms with E-state index >= 15 is 0 Å². The first-order chi connectivity index (χ1) is 9.81. The molecule has 1 saturated heterocycles. The highest BCUT2D eigenvalue weighted by molar-refractivity contribution is 5.63. The van der Waals surface area contributed by atoms with Crippen LogP contribution in [0.15, 0.2) is 48.5 Å².